The van der Waals surface area contributed by atoms with E-state index >= 15 is 0 Å². The van der Waals surface area contributed by atoms with E-state index in [4.69, 9.17) is 0 Å². The molecule has 2 aliphatic heterocycles. The molecule has 2 aromatic carbocycles. The molecule has 0 aliphatic carbocycles. The Hall–Kier alpha value is -1.76. The van der Waals surface area contributed by atoms with Gasteiger partial charge in [-0.2, -0.15) is 0 Å². The standard InChI is InChI=1S/C16H15N/c1-11-8-12-6-7-17-10-13-4-2-3-5-14(13)15(9-11)16(12)17/h2-5,8-9H,6-7,10H2,1H3. The number of fused-ring (bicyclic) bond motifs is 2. The van der Waals surface area contributed by atoms with Crippen LogP contribution in [0.5, 0.6) is 0 Å². The minimum Gasteiger partial charge on any atom is -0.366 e. The molecule has 1 nitrogen and oxygen atoms in total. The third kappa shape index (κ3) is 1.20. The van der Waals surface area contributed by atoms with Crippen LogP contribution in [-0.4, -0.2) is 6.54 Å². The summed E-state index contributed by atoms with van der Waals surface area (Å²) in [7, 11) is 0. The minimum absolute atomic E-state index is 1.08. The molecule has 84 valence electrons. The molecule has 2 heterocycles. The highest BCUT2D eigenvalue weighted by Gasteiger charge is 2.28. The van der Waals surface area contributed by atoms with E-state index < -0.39 is 0 Å². The number of hydrogen-bond acceptors (Lipinski definition) is 1. The second-order valence-electron chi connectivity index (χ2n) is 5.15. The van der Waals surface area contributed by atoms with Gasteiger partial charge in [0.05, 0.1) is 0 Å². The first-order chi connectivity index (χ1) is 8.33. The quantitative estimate of drug-likeness (QED) is 0.657. The van der Waals surface area contributed by atoms with Gasteiger partial charge in [-0.05, 0) is 36.1 Å². The molecule has 17 heavy (non-hydrogen) atoms. The molecular weight excluding hydrogens is 206 g/mol. The van der Waals surface area contributed by atoms with E-state index in [0.717, 1.165) is 6.54 Å². The van der Waals surface area contributed by atoms with E-state index in [9.17, 15) is 0 Å². The summed E-state index contributed by atoms with van der Waals surface area (Å²) in [6.07, 6.45) is 1.21. The first kappa shape index (κ1) is 9.29. The lowest BCUT2D eigenvalue weighted by Crippen LogP contribution is -2.23. The SMILES string of the molecule is Cc1cc2c3c(c1)-c1ccccc1CN3CC2. The molecule has 2 aromatic rings. The first-order valence-corrected chi connectivity index (χ1v) is 6.30. The van der Waals surface area contributed by atoms with Crippen LogP contribution in [0.1, 0.15) is 16.7 Å². The highest BCUT2D eigenvalue weighted by Crippen LogP contribution is 2.44. The maximum absolute atomic E-state index is 2.53. The third-order valence-corrected chi connectivity index (χ3v) is 3.97. The van der Waals surface area contributed by atoms with Crippen molar-refractivity contribution in [1.29, 1.82) is 0 Å². The Kier molecular flexibility index (Phi) is 1.71. The summed E-state index contributed by atoms with van der Waals surface area (Å²) >= 11 is 0. The lowest BCUT2D eigenvalue weighted by molar-refractivity contribution is 0.830. The number of benzene rings is 2. The van der Waals surface area contributed by atoms with Gasteiger partial charge in [0.25, 0.3) is 0 Å². The van der Waals surface area contributed by atoms with Crippen molar-refractivity contribution in [3.8, 4) is 11.1 Å². The maximum Gasteiger partial charge on any atom is 0.0482 e. The fourth-order valence-corrected chi connectivity index (χ4v) is 3.28. The molecule has 0 spiro atoms. The average molecular weight is 221 g/mol. The highest BCUT2D eigenvalue weighted by atomic mass is 15.2. The predicted octanol–water partition coefficient (Wildman–Crippen LogP) is 3.54. The molecule has 0 radical (unpaired) electrons. The molecule has 0 N–H and O–H groups in total. The molecule has 0 bridgehead atoms. The molecule has 1 heteroatoms. The Morgan fingerprint density at radius 1 is 1.00 bits per heavy atom. The first-order valence-electron chi connectivity index (χ1n) is 6.30. The molecule has 0 amide bonds. The molecule has 2 aliphatic rings. The van der Waals surface area contributed by atoms with Crippen LogP contribution >= 0.6 is 0 Å². The zero-order chi connectivity index (χ0) is 11.4. The van der Waals surface area contributed by atoms with E-state index in [1.165, 1.54) is 46.5 Å². The van der Waals surface area contributed by atoms with Gasteiger partial charge in [0.15, 0.2) is 0 Å². The van der Waals surface area contributed by atoms with Crippen molar-refractivity contribution in [1.82, 2.24) is 0 Å². The average Bonchev–Trinajstić information content (AvgIpc) is 2.73. The van der Waals surface area contributed by atoms with Gasteiger partial charge in [-0.25, -0.2) is 0 Å². The Balaban J connectivity index is 2.08. The molecule has 0 atom stereocenters. The summed E-state index contributed by atoms with van der Waals surface area (Å²) in [5.74, 6) is 0. The van der Waals surface area contributed by atoms with E-state index in [1.54, 1.807) is 0 Å². The fourth-order valence-electron chi connectivity index (χ4n) is 3.28. The van der Waals surface area contributed by atoms with E-state index in [-0.39, 0.29) is 0 Å². The Bertz CT molecular complexity index is 613. The van der Waals surface area contributed by atoms with Crippen molar-refractivity contribution < 1.29 is 0 Å². The molecule has 0 saturated carbocycles. The summed E-state index contributed by atoms with van der Waals surface area (Å²) in [6.45, 7) is 4.47. The zero-order valence-electron chi connectivity index (χ0n) is 10.0. The number of anilines is 1. The van der Waals surface area contributed by atoms with Crippen molar-refractivity contribution in [3.63, 3.8) is 0 Å². The highest BCUT2D eigenvalue weighted by molar-refractivity contribution is 5.87. The van der Waals surface area contributed by atoms with Crippen LogP contribution in [0.3, 0.4) is 0 Å². The van der Waals surface area contributed by atoms with Crippen molar-refractivity contribution in [3.05, 3.63) is 53.1 Å². The van der Waals surface area contributed by atoms with Crippen LogP contribution in [0.4, 0.5) is 5.69 Å². The van der Waals surface area contributed by atoms with E-state index in [0.29, 0.717) is 0 Å². The fraction of sp³-hybridized carbons (Fsp3) is 0.250. The predicted molar refractivity (Wildman–Crippen MR) is 71.4 cm³/mol. The van der Waals surface area contributed by atoms with Crippen LogP contribution in [-0.2, 0) is 13.0 Å². The van der Waals surface area contributed by atoms with Crippen molar-refractivity contribution in [2.24, 2.45) is 0 Å². The smallest absolute Gasteiger partial charge is 0.0482 e. The van der Waals surface area contributed by atoms with Gasteiger partial charge in [-0.15, -0.1) is 0 Å². The topological polar surface area (TPSA) is 3.24 Å². The number of nitrogens with zero attached hydrogens (tertiary/aromatic N) is 1. The van der Waals surface area contributed by atoms with Gasteiger partial charge in [0.2, 0.25) is 0 Å². The molecule has 4 rings (SSSR count). The van der Waals surface area contributed by atoms with Crippen LogP contribution < -0.4 is 4.90 Å². The Morgan fingerprint density at radius 3 is 2.82 bits per heavy atom. The molecular formula is C16H15N. The van der Waals surface area contributed by atoms with Gasteiger partial charge in [-0.1, -0.05) is 35.9 Å². The van der Waals surface area contributed by atoms with Gasteiger partial charge >= 0.3 is 0 Å². The van der Waals surface area contributed by atoms with Gasteiger partial charge in [0, 0.05) is 24.3 Å². The summed E-state index contributed by atoms with van der Waals surface area (Å²) < 4.78 is 0. The van der Waals surface area contributed by atoms with Crippen molar-refractivity contribution >= 4 is 5.69 Å². The van der Waals surface area contributed by atoms with E-state index in [1.807, 2.05) is 0 Å². The van der Waals surface area contributed by atoms with Crippen LogP contribution in [0.25, 0.3) is 11.1 Å². The Morgan fingerprint density at radius 2 is 1.88 bits per heavy atom. The van der Waals surface area contributed by atoms with E-state index in [2.05, 4.69) is 48.2 Å². The lowest BCUT2D eigenvalue weighted by atomic mass is 9.91. The zero-order valence-corrected chi connectivity index (χ0v) is 10.0. The van der Waals surface area contributed by atoms with Gasteiger partial charge in [-0.3, -0.25) is 0 Å². The van der Waals surface area contributed by atoms with Crippen LogP contribution in [0, 0.1) is 6.92 Å². The molecule has 0 aromatic heterocycles. The lowest BCUT2D eigenvalue weighted by Gasteiger charge is -2.29. The normalized spacial score (nSPS) is 15.7. The van der Waals surface area contributed by atoms with Gasteiger partial charge < -0.3 is 4.90 Å². The molecule has 0 unspecified atom stereocenters. The third-order valence-electron chi connectivity index (χ3n) is 3.97. The number of aryl methyl sites for hydroxylation is 1. The summed E-state index contributed by atoms with van der Waals surface area (Å²) in [5, 5.41) is 0. The maximum atomic E-state index is 2.53. The minimum atomic E-state index is 1.08. The largest absolute Gasteiger partial charge is 0.366 e. The molecule has 0 fully saturated rings. The van der Waals surface area contributed by atoms with Crippen molar-refractivity contribution in [2.75, 3.05) is 11.4 Å². The van der Waals surface area contributed by atoms with Gasteiger partial charge in [0.1, 0.15) is 0 Å². The second kappa shape index (κ2) is 3.13. The van der Waals surface area contributed by atoms with Crippen LogP contribution in [0.2, 0.25) is 0 Å². The summed E-state index contributed by atoms with van der Waals surface area (Å²) in [6, 6.07) is 13.5. The molecule has 0 saturated heterocycles. The van der Waals surface area contributed by atoms with Crippen molar-refractivity contribution in [2.45, 2.75) is 19.9 Å². The Labute approximate surface area is 102 Å². The van der Waals surface area contributed by atoms with Crippen LogP contribution in [0.15, 0.2) is 36.4 Å². The number of hydrogen-bond donors (Lipinski definition) is 0. The second-order valence-corrected chi connectivity index (χ2v) is 5.15. The number of rotatable bonds is 0. The monoisotopic (exact) mass is 221 g/mol. The summed E-state index contributed by atoms with van der Waals surface area (Å²) in [5.41, 5.74) is 8.77. The summed E-state index contributed by atoms with van der Waals surface area (Å²) in [4.78, 5) is 2.53.